The molecule has 0 spiro atoms. The quantitative estimate of drug-likeness (QED) is 0.919. The number of hydrogen-bond donors (Lipinski definition) is 1. The van der Waals surface area contributed by atoms with Crippen LogP contribution in [0.3, 0.4) is 0 Å². The van der Waals surface area contributed by atoms with Crippen molar-refractivity contribution in [1.82, 2.24) is 4.57 Å². The van der Waals surface area contributed by atoms with E-state index in [1.54, 1.807) is 24.6 Å². The number of carboxylic acid groups (broad SMARTS) is 1. The van der Waals surface area contributed by atoms with Gasteiger partial charge in [0.1, 0.15) is 0 Å². The van der Waals surface area contributed by atoms with Crippen molar-refractivity contribution in [1.29, 1.82) is 0 Å². The molecule has 0 bridgehead atoms. The van der Waals surface area contributed by atoms with Crippen LogP contribution in [0.25, 0.3) is 0 Å². The fourth-order valence-electron chi connectivity index (χ4n) is 2.51. The first kappa shape index (κ1) is 15.0. The smallest absolute Gasteiger partial charge is 0.311 e. The van der Waals surface area contributed by atoms with Crippen LogP contribution in [0.4, 0.5) is 0 Å². The Bertz CT molecular complexity index is 689. The van der Waals surface area contributed by atoms with Crippen molar-refractivity contribution in [3.63, 3.8) is 0 Å². The molecule has 1 atom stereocenters. The lowest BCUT2D eigenvalue weighted by molar-refractivity contribution is -0.138. The third-order valence-electron chi connectivity index (χ3n) is 3.67. The molecule has 4 heteroatoms. The number of nitrogens with zero attached hydrogens (tertiary/aromatic N) is 1. The molecule has 4 nitrogen and oxygen atoms in total. The van der Waals surface area contributed by atoms with E-state index in [4.69, 9.17) is 0 Å². The second-order valence-electron chi connectivity index (χ2n) is 5.13. The van der Waals surface area contributed by atoms with E-state index in [1.165, 1.54) is 0 Å². The Morgan fingerprint density at radius 3 is 2.48 bits per heavy atom. The second-order valence-corrected chi connectivity index (χ2v) is 5.13. The number of benzene rings is 1. The van der Waals surface area contributed by atoms with Gasteiger partial charge in [-0.1, -0.05) is 37.3 Å². The maximum atomic E-state index is 12.6. The Balaban J connectivity index is 2.46. The number of aromatic nitrogens is 1. The van der Waals surface area contributed by atoms with Crippen LogP contribution in [0.5, 0.6) is 0 Å². The Kier molecular flexibility index (Phi) is 4.58. The minimum Gasteiger partial charge on any atom is -0.481 e. The molecule has 1 aromatic heterocycles. The van der Waals surface area contributed by atoms with Crippen LogP contribution >= 0.6 is 0 Å². The molecule has 21 heavy (non-hydrogen) atoms. The predicted molar refractivity (Wildman–Crippen MR) is 81.7 cm³/mol. The highest BCUT2D eigenvalue weighted by molar-refractivity contribution is 5.76. The molecule has 0 aliphatic rings. The van der Waals surface area contributed by atoms with E-state index >= 15 is 0 Å². The number of carboxylic acids is 1. The molecule has 1 unspecified atom stereocenters. The van der Waals surface area contributed by atoms with Crippen LogP contribution in [-0.2, 0) is 11.3 Å². The summed E-state index contributed by atoms with van der Waals surface area (Å²) in [5, 5.41) is 9.31. The van der Waals surface area contributed by atoms with Crippen molar-refractivity contribution in [2.75, 3.05) is 0 Å². The van der Waals surface area contributed by atoms with Crippen molar-refractivity contribution in [2.45, 2.75) is 32.7 Å². The molecule has 2 rings (SSSR count). The van der Waals surface area contributed by atoms with Crippen molar-refractivity contribution >= 4 is 5.97 Å². The summed E-state index contributed by atoms with van der Waals surface area (Å²) in [5.74, 6) is -1.70. The number of aliphatic carboxylic acids is 1. The molecule has 0 aliphatic heterocycles. The van der Waals surface area contributed by atoms with Gasteiger partial charge in [0.2, 0.25) is 0 Å². The average Bonchev–Trinajstić information content (AvgIpc) is 2.47. The molecule has 0 amide bonds. The van der Waals surface area contributed by atoms with E-state index < -0.39 is 11.9 Å². The summed E-state index contributed by atoms with van der Waals surface area (Å²) in [7, 11) is 0. The van der Waals surface area contributed by atoms with Gasteiger partial charge in [0.25, 0.3) is 5.56 Å². The minimum absolute atomic E-state index is 0.215. The SMILES string of the molecule is CCC(C(=O)O)c1c(C)ccn(Cc2ccccc2)c1=O. The molecule has 0 radical (unpaired) electrons. The fraction of sp³-hybridized carbons (Fsp3) is 0.294. The zero-order chi connectivity index (χ0) is 15.4. The number of aryl methyl sites for hydroxylation is 1. The van der Waals surface area contributed by atoms with Gasteiger partial charge in [-0.2, -0.15) is 0 Å². The Labute approximate surface area is 123 Å². The van der Waals surface area contributed by atoms with Crippen molar-refractivity contribution in [2.24, 2.45) is 0 Å². The summed E-state index contributed by atoms with van der Waals surface area (Å²) < 4.78 is 1.57. The van der Waals surface area contributed by atoms with E-state index in [-0.39, 0.29) is 5.56 Å². The molecule has 110 valence electrons. The first-order chi connectivity index (χ1) is 10.0. The van der Waals surface area contributed by atoms with E-state index in [0.717, 1.165) is 11.1 Å². The van der Waals surface area contributed by atoms with Gasteiger partial charge >= 0.3 is 5.97 Å². The summed E-state index contributed by atoms with van der Waals surface area (Å²) in [5.41, 5.74) is 1.92. The largest absolute Gasteiger partial charge is 0.481 e. The monoisotopic (exact) mass is 285 g/mol. The highest BCUT2D eigenvalue weighted by Gasteiger charge is 2.23. The highest BCUT2D eigenvalue weighted by Crippen LogP contribution is 2.20. The zero-order valence-electron chi connectivity index (χ0n) is 12.2. The molecule has 0 aliphatic carbocycles. The predicted octanol–water partition coefficient (Wildman–Crippen LogP) is 2.78. The summed E-state index contributed by atoms with van der Waals surface area (Å²) in [6.07, 6.45) is 2.13. The third kappa shape index (κ3) is 3.21. The zero-order valence-corrected chi connectivity index (χ0v) is 12.2. The van der Waals surface area contributed by atoms with Crippen LogP contribution in [0, 0.1) is 6.92 Å². The standard InChI is InChI=1S/C17H19NO3/c1-3-14(17(20)21)15-12(2)9-10-18(16(15)19)11-13-7-5-4-6-8-13/h4-10,14H,3,11H2,1-2H3,(H,20,21). The van der Waals surface area contributed by atoms with Crippen LogP contribution in [0.15, 0.2) is 47.4 Å². The summed E-state index contributed by atoms with van der Waals surface area (Å²) in [4.78, 5) is 24.0. The topological polar surface area (TPSA) is 59.3 Å². The molecule has 1 aromatic carbocycles. The Hall–Kier alpha value is -2.36. The summed E-state index contributed by atoms with van der Waals surface area (Å²) >= 11 is 0. The van der Waals surface area contributed by atoms with Gasteiger partial charge in [-0.05, 0) is 30.5 Å². The van der Waals surface area contributed by atoms with Gasteiger partial charge in [0.15, 0.2) is 0 Å². The molecule has 1 N–H and O–H groups in total. The first-order valence-corrected chi connectivity index (χ1v) is 7.01. The lowest BCUT2D eigenvalue weighted by atomic mass is 9.94. The van der Waals surface area contributed by atoms with Crippen LogP contribution < -0.4 is 5.56 Å². The van der Waals surface area contributed by atoms with E-state index in [9.17, 15) is 14.7 Å². The first-order valence-electron chi connectivity index (χ1n) is 7.01. The summed E-state index contributed by atoms with van der Waals surface area (Å²) in [6.45, 7) is 4.02. The maximum Gasteiger partial charge on any atom is 0.311 e. The van der Waals surface area contributed by atoms with Gasteiger partial charge in [-0.3, -0.25) is 9.59 Å². The van der Waals surface area contributed by atoms with Crippen molar-refractivity contribution in [3.05, 3.63) is 69.6 Å². The van der Waals surface area contributed by atoms with Gasteiger partial charge in [0, 0.05) is 11.8 Å². The maximum absolute atomic E-state index is 12.6. The minimum atomic E-state index is -0.949. The number of carbonyl (C=O) groups is 1. The van der Waals surface area contributed by atoms with Crippen LogP contribution in [0.1, 0.15) is 36.0 Å². The van der Waals surface area contributed by atoms with Gasteiger partial charge in [0.05, 0.1) is 12.5 Å². The van der Waals surface area contributed by atoms with E-state index in [0.29, 0.717) is 18.5 Å². The normalized spacial score (nSPS) is 12.1. The molecule has 0 fully saturated rings. The molecular weight excluding hydrogens is 266 g/mol. The van der Waals surface area contributed by atoms with Crippen molar-refractivity contribution < 1.29 is 9.90 Å². The number of hydrogen-bond acceptors (Lipinski definition) is 2. The van der Waals surface area contributed by atoms with Crippen LogP contribution in [0.2, 0.25) is 0 Å². The Morgan fingerprint density at radius 1 is 1.24 bits per heavy atom. The van der Waals surface area contributed by atoms with E-state index in [1.807, 2.05) is 36.4 Å². The lowest BCUT2D eigenvalue weighted by Crippen LogP contribution is -2.29. The van der Waals surface area contributed by atoms with Gasteiger partial charge in [-0.25, -0.2) is 0 Å². The van der Waals surface area contributed by atoms with Gasteiger partial charge < -0.3 is 9.67 Å². The van der Waals surface area contributed by atoms with E-state index in [2.05, 4.69) is 0 Å². The summed E-state index contributed by atoms with van der Waals surface area (Å²) in [6, 6.07) is 11.5. The van der Waals surface area contributed by atoms with Gasteiger partial charge in [-0.15, -0.1) is 0 Å². The fourth-order valence-corrected chi connectivity index (χ4v) is 2.51. The third-order valence-corrected chi connectivity index (χ3v) is 3.67. The Morgan fingerprint density at radius 2 is 1.90 bits per heavy atom. The highest BCUT2D eigenvalue weighted by atomic mass is 16.4. The molecule has 0 saturated carbocycles. The molecule has 0 saturated heterocycles. The molecular formula is C17H19NO3. The van der Waals surface area contributed by atoms with Crippen LogP contribution in [-0.4, -0.2) is 15.6 Å². The number of rotatable bonds is 5. The lowest BCUT2D eigenvalue weighted by Gasteiger charge is -2.15. The molecule has 1 heterocycles. The average molecular weight is 285 g/mol. The second kappa shape index (κ2) is 6.39. The molecule has 2 aromatic rings. The number of pyridine rings is 1. The van der Waals surface area contributed by atoms with Crippen molar-refractivity contribution in [3.8, 4) is 0 Å².